The summed E-state index contributed by atoms with van der Waals surface area (Å²) in [4.78, 5) is 12.6. The van der Waals surface area contributed by atoms with Gasteiger partial charge in [0, 0.05) is 35.3 Å². The lowest BCUT2D eigenvalue weighted by Crippen LogP contribution is -1.99. The van der Waals surface area contributed by atoms with Gasteiger partial charge in [-0.25, -0.2) is 9.37 Å². The minimum absolute atomic E-state index is 0.375. The van der Waals surface area contributed by atoms with Crippen LogP contribution < -0.4 is 10.6 Å². The fourth-order valence-corrected chi connectivity index (χ4v) is 2.53. The van der Waals surface area contributed by atoms with Crippen LogP contribution >= 0.6 is 0 Å². The maximum atomic E-state index is 14.2. The first kappa shape index (κ1) is 12.7. The average Bonchev–Trinajstić information content (AvgIpc) is 3.02. The number of hydrogen-bond acceptors (Lipinski definition) is 5. The number of halogens is 1. The van der Waals surface area contributed by atoms with Gasteiger partial charge in [0.2, 0.25) is 0 Å². The Hall–Kier alpha value is -3.02. The molecule has 4 rings (SSSR count). The summed E-state index contributed by atoms with van der Waals surface area (Å²) in [6, 6.07) is 7.30. The molecule has 108 valence electrons. The number of fused-ring (bicyclic) bond motifs is 1. The zero-order valence-corrected chi connectivity index (χ0v) is 11.5. The summed E-state index contributed by atoms with van der Waals surface area (Å²) in [5.41, 5.74) is 3.57. The Kier molecular flexibility index (Phi) is 2.93. The number of anilines is 2. The monoisotopic (exact) mass is 293 g/mol. The third-order valence-corrected chi connectivity index (χ3v) is 3.55. The second kappa shape index (κ2) is 5.07. The summed E-state index contributed by atoms with van der Waals surface area (Å²) in [6.07, 6.45) is 6.20. The Morgan fingerprint density at radius 3 is 2.73 bits per heavy atom. The summed E-state index contributed by atoms with van der Waals surface area (Å²) in [5, 5.41) is 6.34. The molecule has 0 atom stereocenters. The van der Waals surface area contributed by atoms with Crippen molar-refractivity contribution >= 4 is 11.5 Å². The van der Waals surface area contributed by atoms with Crippen LogP contribution in [-0.2, 0) is 0 Å². The summed E-state index contributed by atoms with van der Waals surface area (Å²) in [7, 11) is 0. The Labute approximate surface area is 126 Å². The van der Waals surface area contributed by atoms with Crippen molar-refractivity contribution in [3.8, 4) is 22.4 Å². The molecule has 22 heavy (non-hydrogen) atoms. The van der Waals surface area contributed by atoms with E-state index >= 15 is 0 Å². The molecule has 0 aliphatic carbocycles. The molecule has 1 aliphatic heterocycles. The van der Waals surface area contributed by atoms with Gasteiger partial charge in [-0.15, -0.1) is 0 Å². The summed E-state index contributed by atoms with van der Waals surface area (Å²) in [5.74, 6) is 0.386. The van der Waals surface area contributed by atoms with Crippen molar-refractivity contribution in [2.24, 2.45) is 0 Å². The third kappa shape index (κ3) is 2.05. The van der Waals surface area contributed by atoms with Gasteiger partial charge in [0.25, 0.3) is 0 Å². The van der Waals surface area contributed by atoms with E-state index < -0.39 is 0 Å². The zero-order chi connectivity index (χ0) is 14.9. The van der Waals surface area contributed by atoms with Crippen LogP contribution in [0.4, 0.5) is 15.9 Å². The molecule has 0 amide bonds. The van der Waals surface area contributed by atoms with Gasteiger partial charge in [-0.05, 0) is 24.3 Å². The van der Waals surface area contributed by atoms with Crippen LogP contribution in [0, 0.1) is 5.82 Å². The standard InChI is InChI=1S/C16H12FN5/c17-13-8-19-5-3-11(13)12-6-14-16(21-9-20-14)22-15(12)10-2-1-4-18-7-10/h1-8,20H,9H2,(H,21,22). The summed E-state index contributed by atoms with van der Waals surface area (Å²) < 4.78 is 14.2. The quantitative estimate of drug-likeness (QED) is 0.760. The molecule has 0 saturated heterocycles. The van der Waals surface area contributed by atoms with Crippen LogP contribution in [0.2, 0.25) is 0 Å². The normalized spacial score (nSPS) is 12.4. The highest BCUT2D eigenvalue weighted by molar-refractivity contribution is 5.87. The largest absolute Gasteiger partial charge is 0.365 e. The molecule has 0 saturated carbocycles. The lowest BCUT2D eigenvalue weighted by atomic mass is 10.00. The molecule has 0 fully saturated rings. The highest BCUT2D eigenvalue weighted by atomic mass is 19.1. The maximum Gasteiger partial charge on any atom is 0.151 e. The highest BCUT2D eigenvalue weighted by Crippen LogP contribution is 2.37. The van der Waals surface area contributed by atoms with Crippen LogP contribution in [0.1, 0.15) is 0 Å². The third-order valence-electron chi connectivity index (χ3n) is 3.55. The lowest BCUT2D eigenvalue weighted by molar-refractivity contribution is 0.625. The van der Waals surface area contributed by atoms with Crippen molar-refractivity contribution in [1.82, 2.24) is 15.0 Å². The van der Waals surface area contributed by atoms with Gasteiger partial charge in [-0.2, -0.15) is 0 Å². The minimum Gasteiger partial charge on any atom is -0.365 e. The predicted octanol–water partition coefficient (Wildman–Crippen LogP) is 3.14. The minimum atomic E-state index is -0.375. The van der Waals surface area contributed by atoms with Crippen molar-refractivity contribution < 1.29 is 4.39 Å². The van der Waals surface area contributed by atoms with Crippen molar-refractivity contribution in [3.05, 3.63) is 54.9 Å². The first-order valence-electron chi connectivity index (χ1n) is 6.86. The molecule has 6 heteroatoms. The second-order valence-electron chi connectivity index (χ2n) is 4.91. The van der Waals surface area contributed by atoms with Gasteiger partial charge in [0.15, 0.2) is 5.82 Å². The molecule has 0 spiro atoms. The topological polar surface area (TPSA) is 62.7 Å². The van der Waals surface area contributed by atoms with E-state index in [4.69, 9.17) is 0 Å². The summed E-state index contributed by atoms with van der Waals surface area (Å²) >= 11 is 0. The van der Waals surface area contributed by atoms with E-state index in [0.717, 1.165) is 17.1 Å². The molecule has 0 bridgehead atoms. The molecule has 3 aromatic heterocycles. The Bertz CT molecular complexity index is 835. The van der Waals surface area contributed by atoms with Gasteiger partial charge in [0.05, 0.1) is 24.2 Å². The molecule has 5 nitrogen and oxygen atoms in total. The van der Waals surface area contributed by atoms with Gasteiger partial charge in [-0.3, -0.25) is 9.97 Å². The number of hydrogen-bond donors (Lipinski definition) is 2. The molecule has 0 radical (unpaired) electrons. The Morgan fingerprint density at radius 1 is 1.00 bits per heavy atom. The SMILES string of the molecule is Fc1cnccc1-c1cc2c(nc1-c1cccnc1)NCN2. The number of nitrogens with zero attached hydrogens (tertiary/aromatic N) is 3. The molecule has 2 N–H and O–H groups in total. The number of pyridine rings is 3. The van der Waals surface area contributed by atoms with Crippen LogP contribution in [0.5, 0.6) is 0 Å². The van der Waals surface area contributed by atoms with Crippen LogP contribution in [-0.4, -0.2) is 21.6 Å². The zero-order valence-electron chi connectivity index (χ0n) is 11.5. The van der Waals surface area contributed by atoms with Crippen LogP contribution in [0.25, 0.3) is 22.4 Å². The Morgan fingerprint density at radius 2 is 1.91 bits per heavy atom. The predicted molar refractivity (Wildman–Crippen MR) is 82.8 cm³/mol. The fourth-order valence-electron chi connectivity index (χ4n) is 2.53. The Balaban J connectivity index is 1.99. The van der Waals surface area contributed by atoms with Gasteiger partial charge in [0.1, 0.15) is 5.82 Å². The first-order valence-corrected chi connectivity index (χ1v) is 6.86. The number of aromatic nitrogens is 3. The van der Waals surface area contributed by atoms with E-state index in [9.17, 15) is 4.39 Å². The van der Waals surface area contributed by atoms with Gasteiger partial charge >= 0.3 is 0 Å². The van der Waals surface area contributed by atoms with E-state index in [2.05, 4.69) is 25.6 Å². The number of nitrogens with one attached hydrogen (secondary N) is 2. The van der Waals surface area contributed by atoms with Gasteiger partial charge in [-0.1, -0.05) is 0 Å². The fraction of sp³-hybridized carbons (Fsp3) is 0.0625. The molecule has 0 unspecified atom stereocenters. The smallest absolute Gasteiger partial charge is 0.151 e. The lowest BCUT2D eigenvalue weighted by Gasteiger charge is -2.12. The second-order valence-corrected chi connectivity index (χ2v) is 4.91. The van der Waals surface area contributed by atoms with Gasteiger partial charge < -0.3 is 10.6 Å². The van der Waals surface area contributed by atoms with E-state index in [0.29, 0.717) is 23.5 Å². The van der Waals surface area contributed by atoms with Crippen LogP contribution in [0.15, 0.2) is 49.1 Å². The van der Waals surface area contributed by atoms with Crippen LogP contribution in [0.3, 0.4) is 0 Å². The van der Waals surface area contributed by atoms with E-state index in [-0.39, 0.29) is 5.82 Å². The molecular weight excluding hydrogens is 281 g/mol. The first-order chi connectivity index (χ1) is 10.8. The molecule has 4 heterocycles. The molecule has 3 aromatic rings. The number of rotatable bonds is 2. The maximum absolute atomic E-state index is 14.2. The van der Waals surface area contributed by atoms with E-state index in [1.54, 1.807) is 24.7 Å². The molecule has 1 aliphatic rings. The van der Waals surface area contributed by atoms with Crippen molar-refractivity contribution in [3.63, 3.8) is 0 Å². The van der Waals surface area contributed by atoms with E-state index in [1.165, 1.54) is 6.20 Å². The highest BCUT2D eigenvalue weighted by Gasteiger charge is 2.19. The van der Waals surface area contributed by atoms with Crippen molar-refractivity contribution in [1.29, 1.82) is 0 Å². The van der Waals surface area contributed by atoms with E-state index in [1.807, 2.05) is 18.2 Å². The summed E-state index contributed by atoms with van der Waals surface area (Å²) in [6.45, 7) is 0.608. The molecular formula is C16H12FN5. The van der Waals surface area contributed by atoms with Crippen molar-refractivity contribution in [2.75, 3.05) is 17.3 Å². The average molecular weight is 293 g/mol. The molecule has 0 aromatic carbocycles. The van der Waals surface area contributed by atoms with Crippen molar-refractivity contribution in [2.45, 2.75) is 0 Å².